The van der Waals surface area contributed by atoms with E-state index in [0.29, 0.717) is 0 Å². The van der Waals surface area contributed by atoms with Gasteiger partial charge in [-0.2, -0.15) is 0 Å². The highest BCUT2D eigenvalue weighted by Crippen LogP contribution is 1.79. The third-order valence-electron chi connectivity index (χ3n) is 1.09. The molecule has 0 aliphatic carbocycles. The summed E-state index contributed by atoms with van der Waals surface area (Å²) in [4.78, 5) is 0. The Morgan fingerprint density at radius 1 is 1.56 bits per heavy atom. The Labute approximate surface area is 56.1 Å². The first-order valence-corrected chi connectivity index (χ1v) is 2.99. The smallest absolute Gasteiger partial charge is 0.104 e. The lowest BCUT2D eigenvalue weighted by Crippen LogP contribution is -3.01. The van der Waals surface area contributed by atoms with E-state index in [1.807, 2.05) is 32.1 Å². The van der Waals surface area contributed by atoms with Gasteiger partial charge in [0.1, 0.15) is 5.70 Å². The lowest BCUT2D eigenvalue weighted by atomic mass is 10.4. The second kappa shape index (κ2) is 4.30. The maximum absolute atomic E-state index is 10.5. The van der Waals surface area contributed by atoms with Gasteiger partial charge in [0, 0.05) is 6.92 Å². The lowest BCUT2D eigenvalue weighted by Gasteiger charge is -2.14. The zero-order chi connectivity index (χ0) is 7.28. The molecule has 0 radical (unpaired) electrons. The van der Waals surface area contributed by atoms with Crippen LogP contribution in [0.5, 0.6) is 0 Å². The van der Waals surface area contributed by atoms with Crippen LogP contribution < -0.4 is 5.06 Å². The summed E-state index contributed by atoms with van der Waals surface area (Å²) in [7, 11) is 1.56. The van der Waals surface area contributed by atoms with Gasteiger partial charge in [-0.05, 0) is 13.0 Å². The monoisotopic (exact) mass is 127 g/mol. The molecule has 2 heteroatoms. The summed E-state index contributed by atoms with van der Waals surface area (Å²) in [6.45, 7) is 3.73. The van der Waals surface area contributed by atoms with E-state index in [1.54, 1.807) is 7.05 Å². The number of nitrogens with one attached hydrogen (secondary N) is 1. The fourth-order valence-electron chi connectivity index (χ4n) is 0.358. The summed E-state index contributed by atoms with van der Waals surface area (Å²) in [6.07, 6.45) is 5.56. The molecule has 0 aromatic rings. The van der Waals surface area contributed by atoms with Gasteiger partial charge >= 0.3 is 0 Å². The zero-order valence-corrected chi connectivity index (χ0v) is 6.14. The van der Waals surface area contributed by atoms with Crippen LogP contribution >= 0.6 is 0 Å². The van der Waals surface area contributed by atoms with Gasteiger partial charge in [-0.3, -0.25) is 0 Å². The van der Waals surface area contributed by atoms with Crippen LogP contribution in [-0.2, 0) is 0 Å². The van der Waals surface area contributed by atoms with Crippen LogP contribution in [0, 0.1) is 5.21 Å². The third-order valence-corrected chi connectivity index (χ3v) is 1.09. The maximum Gasteiger partial charge on any atom is 0.104 e. The van der Waals surface area contributed by atoms with E-state index in [4.69, 9.17) is 0 Å². The first-order chi connectivity index (χ1) is 4.18. The van der Waals surface area contributed by atoms with Crippen molar-refractivity contribution >= 4 is 0 Å². The van der Waals surface area contributed by atoms with Crippen molar-refractivity contribution in [2.45, 2.75) is 13.8 Å². The van der Waals surface area contributed by atoms with Crippen molar-refractivity contribution in [2.75, 3.05) is 7.05 Å². The summed E-state index contributed by atoms with van der Waals surface area (Å²) < 4.78 is 0. The lowest BCUT2D eigenvalue weighted by molar-refractivity contribution is -0.782. The average molecular weight is 127 g/mol. The van der Waals surface area contributed by atoms with Crippen molar-refractivity contribution in [3.05, 3.63) is 29.1 Å². The van der Waals surface area contributed by atoms with Crippen LogP contribution in [0.3, 0.4) is 0 Å². The molecule has 9 heavy (non-hydrogen) atoms. The molecule has 0 fully saturated rings. The number of hydrogen-bond acceptors (Lipinski definition) is 1. The minimum Gasteiger partial charge on any atom is -0.629 e. The van der Waals surface area contributed by atoms with Gasteiger partial charge in [0.05, 0.1) is 7.05 Å². The van der Waals surface area contributed by atoms with Crippen LogP contribution in [0.1, 0.15) is 13.8 Å². The zero-order valence-electron chi connectivity index (χ0n) is 6.14. The summed E-state index contributed by atoms with van der Waals surface area (Å²) in [5.74, 6) is 0. The summed E-state index contributed by atoms with van der Waals surface area (Å²) in [5.41, 5.74) is 0.799. The highest BCUT2D eigenvalue weighted by molar-refractivity contribution is 5.03. The Kier molecular flexibility index (Phi) is 4.01. The van der Waals surface area contributed by atoms with Crippen LogP contribution in [0.25, 0.3) is 0 Å². The van der Waals surface area contributed by atoms with E-state index in [0.717, 1.165) is 5.70 Å². The van der Waals surface area contributed by atoms with Crippen LogP contribution in [0.4, 0.5) is 0 Å². The molecule has 0 heterocycles. The second-order valence-corrected chi connectivity index (χ2v) is 1.93. The standard InChI is InChI=1S/C7H13NO/c1-4-5-6-7(2)8(3)9/h4-6,8H,1-3H3/b5-4-,7-6+. The van der Waals surface area contributed by atoms with Gasteiger partial charge in [-0.25, -0.2) is 0 Å². The van der Waals surface area contributed by atoms with Crippen molar-refractivity contribution in [3.63, 3.8) is 0 Å². The molecule has 1 N–H and O–H groups in total. The molecule has 1 unspecified atom stereocenters. The van der Waals surface area contributed by atoms with Gasteiger partial charge in [-0.15, -0.1) is 0 Å². The number of quaternary nitrogens is 1. The van der Waals surface area contributed by atoms with Gasteiger partial charge < -0.3 is 10.3 Å². The minimum atomic E-state index is 0.133. The SMILES string of the molecule is C/C=C\C=C(/C)[NH+](C)[O-]. The average Bonchev–Trinajstić information content (AvgIpc) is 1.82. The molecular formula is C7H13NO. The van der Waals surface area contributed by atoms with Gasteiger partial charge in [0.25, 0.3) is 0 Å². The molecule has 1 atom stereocenters. The molecule has 0 saturated carbocycles. The highest BCUT2D eigenvalue weighted by Gasteiger charge is 1.86. The minimum absolute atomic E-state index is 0.133. The number of rotatable bonds is 2. The predicted molar refractivity (Wildman–Crippen MR) is 38.8 cm³/mol. The van der Waals surface area contributed by atoms with E-state index < -0.39 is 0 Å². The summed E-state index contributed by atoms with van der Waals surface area (Å²) >= 11 is 0. The van der Waals surface area contributed by atoms with Crippen molar-refractivity contribution in [1.29, 1.82) is 0 Å². The molecule has 0 rings (SSSR count). The molecule has 0 spiro atoms. The third kappa shape index (κ3) is 3.94. The molecule has 0 aromatic heterocycles. The van der Waals surface area contributed by atoms with E-state index in [2.05, 4.69) is 0 Å². The van der Waals surface area contributed by atoms with Gasteiger partial charge in [0.15, 0.2) is 0 Å². The van der Waals surface area contributed by atoms with Crippen LogP contribution in [0.15, 0.2) is 23.9 Å². The fourth-order valence-corrected chi connectivity index (χ4v) is 0.358. The Morgan fingerprint density at radius 3 is 2.44 bits per heavy atom. The van der Waals surface area contributed by atoms with E-state index >= 15 is 0 Å². The molecule has 0 bridgehead atoms. The first-order valence-electron chi connectivity index (χ1n) is 2.99. The van der Waals surface area contributed by atoms with Gasteiger partial charge in [-0.1, -0.05) is 12.2 Å². The molecule has 0 amide bonds. The van der Waals surface area contributed by atoms with Crippen molar-refractivity contribution in [1.82, 2.24) is 0 Å². The van der Waals surface area contributed by atoms with E-state index in [1.165, 1.54) is 0 Å². The number of hydroxylamine groups is 2. The quantitative estimate of drug-likeness (QED) is 0.424. The van der Waals surface area contributed by atoms with Crippen LogP contribution in [0.2, 0.25) is 0 Å². The van der Waals surface area contributed by atoms with Gasteiger partial charge in [0.2, 0.25) is 0 Å². The Morgan fingerprint density at radius 2 is 2.11 bits per heavy atom. The Bertz CT molecular complexity index is 125. The Hall–Kier alpha value is -0.600. The van der Waals surface area contributed by atoms with E-state index in [-0.39, 0.29) is 5.06 Å². The molecule has 0 aromatic carbocycles. The fraction of sp³-hybridized carbons (Fsp3) is 0.429. The van der Waals surface area contributed by atoms with E-state index in [9.17, 15) is 5.21 Å². The highest BCUT2D eigenvalue weighted by atomic mass is 16.5. The molecule has 0 aliphatic heterocycles. The summed E-state index contributed by atoms with van der Waals surface area (Å²) in [6, 6.07) is 0. The van der Waals surface area contributed by atoms with Crippen molar-refractivity contribution < 1.29 is 5.06 Å². The second-order valence-electron chi connectivity index (χ2n) is 1.93. The van der Waals surface area contributed by atoms with Crippen molar-refractivity contribution in [2.24, 2.45) is 0 Å². The predicted octanol–water partition coefficient (Wildman–Crippen LogP) is 0.479. The van der Waals surface area contributed by atoms with Crippen molar-refractivity contribution in [3.8, 4) is 0 Å². The molecule has 52 valence electrons. The molecule has 0 saturated heterocycles. The molecular weight excluding hydrogens is 114 g/mol. The summed E-state index contributed by atoms with van der Waals surface area (Å²) in [5, 5.41) is 10.7. The topological polar surface area (TPSA) is 27.5 Å². The number of allylic oxidation sites excluding steroid dienone is 4. The largest absolute Gasteiger partial charge is 0.629 e. The Balaban J connectivity index is 3.84. The molecule has 2 nitrogen and oxygen atoms in total. The molecule has 0 aliphatic rings. The maximum atomic E-state index is 10.5. The normalized spacial score (nSPS) is 16.7. The first kappa shape index (κ1) is 8.40. The number of hydrogen-bond donors (Lipinski definition) is 1. The van der Waals surface area contributed by atoms with Crippen LogP contribution in [-0.4, -0.2) is 7.05 Å².